The second-order valence-electron chi connectivity index (χ2n) is 6.20. The van der Waals surface area contributed by atoms with Crippen molar-refractivity contribution in [1.29, 1.82) is 0 Å². The van der Waals surface area contributed by atoms with Crippen molar-refractivity contribution in [3.05, 3.63) is 89.0 Å². The maximum Gasteiger partial charge on any atom is 0.0406 e. The minimum atomic E-state index is 0.826. The molecule has 1 nitrogen and oxygen atoms in total. The van der Waals surface area contributed by atoms with Gasteiger partial charge in [-0.2, -0.15) is 0 Å². The Labute approximate surface area is 139 Å². The van der Waals surface area contributed by atoms with Gasteiger partial charge in [-0.1, -0.05) is 65.7 Å². The smallest absolute Gasteiger partial charge is 0.0406 e. The number of aryl methyl sites for hydroxylation is 3. The molecule has 1 heteroatoms. The number of rotatable bonds is 4. The third-order valence-electron chi connectivity index (χ3n) is 4.21. The van der Waals surface area contributed by atoms with E-state index < -0.39 is 0 Å². The molecule has 3 aromatic rings. The molecule has 0 unspecified atom stereocenters. The molecule has 0 heterocycles. The topological polar surface area (TPSA) is 12.0 Å². The van der Waals surface area contributed by atoms with E-state index in [-0.39, 0.29) is 0 Å². The molecule has 0 spiro atoms. The Morgan fingerprint density at radius 1 is 0.696 bits per heavy atom. The van der Waals surface area contributed by atoms with E-state index in [0.29, 0.717) is 0 Å². The highest BCUT2D eigenvalue weighted by Crippen LogP contribution is 2.29. The van der Waals surface area contributed by atoms with Crippen LogP contribution in [0.3, 0.4) is 0 Å². The molecule has 0 fully saturated rings. The van der Waals surface area contributed by atoms with E-state index in [9.17, 15) is 0 Å². The molecule has 3 rings (SSSR count). The Balaban J connectivity index is 1.96. The fourth-order valence-electron chi connectivity index (χ4n) is 2.87. The van der Waals surface area contributed by atoms with E-state index in [2.05, 4.69) is 86.8 Å². The van der Waals surface area contributed by atoms with Crippen LogP contribution in [-0.2, 0) is 6.54 Å². The number of benzene rings is 3. The zero-order chi connectivity index (χ0) is 16.2. The van der Waals surface area contributed by atoms with Crippen molar-refractivity contribution < 1.29 is 0 Å². The van der Waals surface area contributed by atoms with Crippen molar-refractivity contribution in [2.75, 3.05) is 5.32 Å². The minimum Gasteiger partial charge on any atom is -0.381 e. The van der Waals surface area contributed by atoms with Crippen LogP contribution in [0.5, 0.6) is 0 Å². The van der Waals surface area contributed by atoms with Crippen LogP contribution in [0.1, 0.15) is 22.3 Å². The van der Waals surface area contributed by atoms with Gasteiger partial charge in [0, 0.05) is 12.2 Å². The monoisotopic (exact) mass is 301 g/mol. The van der Waals surface area contributed by atoms with E-state index >= 15 is 0 Å². The molecule has 0 saturated carbocycles. The van der Waals surface area contributed by atoms with E-state index in [0.717, 1.165) is 12.2 Å². The first-order valence-corrected chi connectivity index (χ1v) is 8.09. The van der Waals surface area contributed by atoms with Crippen LogP contribution in [0.2, 0.25) is 0 Å². The van der Waals surface area contributed by atoms with Crippen LogP contribution in [0.25, 0.3) is 11.1 Å². The Morgan fingerprint density at radius 3 is 2.09 bits per heavy atom. The summed E-state index contributed by atoms with van der Waals surface area (Å²) in [5.74, 6) is 0. The molecular formula is C22H23N. The maximum atomic E-state index is 3.52. The lowest BCUT2D eigenvalue weighted by atomic mass is 9.93. The number of nitrogens with one attached hydrogen (secondary N) is 1. The van der Waals surface area contributed by atoms with Crippen molar-refractivity contribution in [2.24, 2.45) is 0 Å². The predicted octanol–water partition coefficient (Wildman–Crippen LogP) is 5.89. The summed E-state index contributed by atoms with van der Waals surface area (Å²) in [6, 6.07) is 23.8. The molecule has 1 N–H and O–H groups in total. The Bertz CT molecular complexity index is 803. The van der Waals surface area contributed by atoms with Crippen LogP contribution in [0.15, 0.2) is 66.7 Å². The Kier molecular flexibility index (Phi) is 4.47. The molecule has 0 aliphatic rings. The molecule has 0 radical (unpaired) electrons. The summed E-state index contributed by atoms with van der Waals surface area (Å²) in [6.45, 7) is 7.32. The molecule has 0 aliphatic carbocycles. The van der Waals surface area contributed by atoms with E-state index in [1.165, 1.54) is 33.4 Å². The standard InChI is InChI=1S/C22H23N/c1-16-9-11-18(3)21(13-16)22-14-17(2)10-12-19(22)15-23-20-7-5-4-6-8-20/h4-14,23H,15H2,1-3H3. The number of anilines is 1. The van der Waals surface area contributed by atoms with Gasteiger partial charge in [0.25, 0.3) is 0 Å². The van der Waals surface area contributed by atoms with Gasteiger partial charge in [-0.05, 0) is 55.2 Å². The molecule has 0 aliphatic heterocycles. The summed E-state index contributed by atoms with van der Waals surface area (Å²) in [6.07, 6.45) is 0. The second kappa shape index (κ2) is 6.70. The Hall–Kier alpha value is -2.54. The lowest BCUT2D eigenvalue weighted by Crippen LogP contribution is -2.02. The van der Waals surface area contributed by atoms with E-state index in [1.54, 1.807) is 0 Å². The van der Waals surface area contributed by atoms with Crippen molar-refractivity contribution >= 4 is 5.69 Å². The summed E-state index contributed by atoms with van der Waals surface area (Å²) < 4.78 is 0. The average molecular weight is 301 g/mol. The second-order valence-corrected chi connectivity index (χ2v) is 6.20. The largest absolute Gasteiger partial charge is 0.381 e. The summed E-state index contributed by atoms with van der Waals surface area (Å²) in [5.41, 5.74) is 9.06. The summed E-state index contributed by atoms with van der Waals surface area (Å²) in [4.78, 5) is 0. The van der Waals surface area contributed by atoms with Gasteiger partial charge in [-0.15, -0.1) is 0 Å². The zero-order valence-electron chi connectivity index (χ0n) is 14.1. The van der Waals surface area contributed by atoms with Gasteiger partial charge < -0.3 is 5.32 Å². The normalized spacial score (nSPS) is 10.6. The predicted molar refractivity (Wildman–Crippen MR) is 99.9 cm³/mol. The van der Waals surface area contributed by atoms with Crippen LogP contribution in [-0.4, -0.2) is 0 Å². The fourth-order valence-corrected chi connectivity index (χ4v) is 2.87. The zero-order valence-corrected chi connectivity index (χ0v) is 14.1. The lowest BCUT2D eigenvalue weighted by Gasteiger charge is -2.15. The summed E-state index contributed by atoms with van der Waals surface area (Å²) in [5, 5.41) is 3.52. The lowest BCUT2D eigenvalue weighted by molar-refractivity contribution is 1.14. The molecule has 0 atom stereocenters. The third-order valence-corrected chi connectivity index (χ3v) is 4.21. The molecule has 0 saturated heterocycles. The van der Waals surface area contributed by atoms with Crippen molar-refractivity contribution in [2.45, 2.75) is 27.3 Å². The molecule has 0 aromatic heterocycles. The van der Waals surface area contributed by atoms with Crippen molar-refractivity contribution in [1.82, 2.24) is 0 Å². The summed E-state index contributed by atoms with van der Waals surface area (Å²) >= 11 is 0. The highest BCUT2D eigenvalue weighted by molar-refractivity contribution is 5.72. The molecule has 0 amide bonds. The fraction of sp³-hybridized carbons (Fsp3) is 0.182. The van der Waals surface area contributed by atoms with Gasteiger partial charge in [0.2, 0.25) is 0 Å². The minimum absolute atomic E-state index is 0.826. The maximum absolute atomic E-state index is 3.52. The first-order valence-electron chi connectivity index (χ1n) is 8.09. The summed E-state index contributed by atoms with van der Waals surface area (Å²) in [7, 11) is 0. The van der Waals surface area contributed by atoms with E-state index in [4.69, 9.17) is 0 Å². The van der Waals surface area contributed by atoms with Crippen molar-refractivity contribution in [3.63, 3.8) is 0 Å². The molecule has 23 heavy (non-hydrogen) atoms. The van der Waals surface area contributed by atoms with Crippen LogP contribution >= 0.6 is 0 Å². The van der Waals surface area contributed by atoms with Gasteiger partial charge in [0.05, 0.1) is 0 Å². The van der Waals surface area contributed by atoms with Gasteiger partial charge >= 0.3 is 0 Å². The number of hydrogen-bond acceptors (Lipinski definition) is 1. The van der Waals surface area contributed by atoms with Crippen molar-refractivity contribution in [3.8, 4) is 11.1 Å². The quantitative estimate of drug-likeness (QED) is 0.633. The third kappa shape index (κ3) is 3.62. The first-order chi connectivity index (χ1) is 11.1. The van der Waals surface area contributed by atoms with Gasteiger partial charge in [0.15, 0.2) is 0 Å². The highest BCUT2D eigenvalue weighted by atomic mass is 14.9. The van der Waals surface area contributed by atoms with Crippen LogP contribution in [0, 0.1) is 20.8 Å². The van der Waals surface area contributed by atoms with Gasteiger partial charge in [0.1, 0.15) is 0 Å². The van der Waals surface area contributed by atoms with Crippen LogP contribution < -0.4 is 5.32 Å². The van der Waals surface area contributed by atoms with Crippen LogP contribution in [0.4, 0.5) is 5.69 Å². The number of hydrogen-bond donors (Lipinski definition) is 1. The van der Waals surface area contributed by atoms with E-state index in [1.807, 2.05) is 6.07 Å². The molecule has 3 aromatic carbocycles. The molecular weight excluding hydrogens is 278 g/mol. The molecule has 0 bridgehead atoms. The molecule has 116 valence electrons. The average Bonchev–Trinajstić information content (AvgIpc) is 2.57. The van der Waals surface area contributed by atoms with Gasteiger partial charge in [-0.3, -0.25) is 0 Å². The Morgan fingerprint density at radius 2 is 1.35 bits per heavy atom. The highest BCUT2D eigenvalue weighted by Gasteiger charge is 2.08. The van der Waals surface area contributed by atoms with Gasteiger partial charge in [-0.25, -0.2) is 0 Å². The number of para-hydroxylation sites is 1. The SMILES string of the molecule is Cc1ccc(C)c(-c2cc(C)ccc2CNc2ccccc2)c1. The first kappa shape index (κ1) is 15.4.